The Kier molecular flexibility index (Phi) is 5.62. The lowest BCUT2D eigenvalue weighted by molar-refractivity contribution is -0.111. The highest BCUT2D eigenvalue weighted by molar-refractivity contribution is 7.89. The second-order valence-electron chi connectivity index (χ2n) is 8.71. The third-order valence-electron chi connectivity index (χ3n) is 5.78. The standard InChI is InChI=1S/C24H23N5O5S/c1-24(2,11-30)13-8-16(15-10-14(35(27,33)34)4-6-20(15)31)21(32)17(9-13)23-28-18-5-3-12(22(25)26)7-19(18)29-23/h3-11,31-32H,1-2H3,(H3,25,26)(H,28,29)(H2,27,33,34). The number of primary sulfonamides is 1. The van der Waals surface area contributed by atoms with E-state index in [2.05, 4.69) is 9.97 Å². The number of carbonyl (C=O) groups excluding carboxylic acids is 1. The molecule has 0 amide bonds. The van der Waals surface area contributed by atoms with Crippen LogP contribution in [0.3, 0.4) is 0 Å². The van der Waals surface area contributed by atoms with E-state index < -0.39 is 15.4 Å². The molecule has 0 aliphatic carbocycles. The van der Waals surface area contributed by atoms with Gasteiger partial charge in [-0.1, -0.05) is 0 Å². The lowest BCUT2D eigenvalue weighted by Gasteiger charge is -2.21. The number of aldehydes is 1. The topological polar surface area (TPSA) is 196 Å². The fraction of sp³-hybridized carbons (Fsp3) is 0.125. The molecule has 8 N–H and O–H groups in total. The number of amidine groups is 1. The van der Waals surface area contributed by atoms with E-state index in [1.165, 1.54) is 6.07 Å². The molecular formula is C24H23N5O5S. The predicted octanol–water partition coefficient (Wildman–Crippen LogP) is 2.72. The van der Waals surface area contributed by atoms with Gasteiger partial charge in [0, 0.05) is 22.1 Å². The van der Waals surface area contributed by atoms with Crippen LogP contribution in [0.2, 0.25) is 0 Å². The number of nitrogens with zero attached hydrogens (tertiary/aromatic N) is 1. The number of hydrogen-bond donors (Lipinski definition) is 6. The Balaban J connectivity index is 2.02. The highest BCUT2D eigenvalue weighted by Crippen LogP contribution is 2.44. The van der Waals surface area contributed by atoms with Gasteiger partial charge in [0.05, 0.1) is 21.5 Å². The van der Waals surface area contributed by atoms with Crippen molar-refractivity contribution in [2.24, 2.45) is 10.9 Å². The summed E-state index contributed by atoms with van der Waals surface area (Å²) in [5, 5.41) is 34.7. The van der Waals surface area contributed by atoms with Crippen LogP contribution in [-0.4, -0.2) is 40.7 Å². The first-order valence-electron chi connectivity index (χ1n) is 10.4. The zero-order chi connectivity index (χ0) is 25.7. The average Bonchev–Trinajstić information content (AvgIpc) is 3.22. The van der Waals surface area contributed by atoms with Gasteiger partial charge < -0.3 is 25.7 Å². The van der Waals surface area contributed by atoms with Crippen LogP contribution < -0.4 is 10.9 Å². The van der Waals surface area contributed by atoms with E-state index in [1.54, 1.807) is 38.1 Å². The Morgan fingerprint density at radius 1 is 1.06 bits per heavy atom. The molecule has 0 radical (unpaired) electrons. The highest BCUT2D eigenvalue weighted by atomic mass is 32.2. The number of imidazole rings is 1. The summed E-state index contributed by atoms with van der Waals surface area (Å²) in [6.45, 7) is 3.36. The number of nitrogens with two attached hydrogens (primary N) is 2. The fourth-order valence-electron chi connectivity index (χ4n) is 3.67. The van der Waals surface area contributed by atoms with E-state index in [-0.39, 0.29) is 44.7 Å². The molecule has 4 rings (SSSR count). The van der Waals surface area contributed by atoms with Crippen LogP contribution in [0.1, 0.15) is 25.0 Å². The molecule has 0 fully saturated rings. The first-order chi connectivity index (χ1) is 16.3. The van der Waals surface area contributed by atoms with Crippen LogP contribution in [0.15, 0.2) is 53.4 Å². The lowest BCUT2D eigenvalue weighted by atomic mass is 9.83. The van der Waals surface area contributed by atoms with Gasteiger partial charge in [-0.2, -0.15) is 0 Å². The van der Waals surface area contributed by atoms with Gasteiger partial charge in [0.25, 0.3) is 0 Å². The smallest absolute Gasteiger partial charge is 0.238 e. The minimum absolute atomic E-state index is 0.00815. The van der Waals surface area contributed by atoms with Gasteiger partial charge in [-0.15, -0.1) is 0 Å². The average molecular weight is 494 g/mol. The maximum Gasteiger partial charge on any atom is 0.238 e. The summed E-state index contributed by atoms with van der Waals surface area (Å²) in [5.41, 5.74) is 6.97. The summed E-state index contributed by atoms with van der Waals surface area (Å²) in [6, 6.07) is 11.5. The Morgan fingerprint density at radius 2 is 1.74 bits per heavy atom. The number of fused-ring (bicyclic) bond motifs is 1. The normalized spacial score (nSPS) is 12.1. The van der Waals surface area contributed by atoms with Crippen LogP contribution in [0.25, 0.3) is 33.5 Å². The zero-order valence-electron chi connectivity index (χ0n) is 18.8. The number of nitrogens with one attached hydrogen (secondary N) is 2. The summed E-state index contributed by atoms with van der Waals surface area (Å²) in [6.07, 6.45) is 0.741. The van der Waals surface area contributed by atoms with Gasteiger partial charge in [0.15, 0.2) is 0 Å². The summed E-state index contributed by atoms with van der Waals surface area (Å²) in [7, 11) is -4.09. The molecule has 0 atom stereocenters. The molecule has 3 aromatic carbocycles. The molecule has 4 aromatic rings. The summed E-state index contributed by atoms with van der Waals surface area (Å²) in [5.74, 6) is -0.461. The molecule has 0 aliphatic rings. The number of aromatic hydroxyl groups is 2. The van der Waals surface area contributed by atoms with Crippen LogP contribution >= 0.6 is 0 Å². The van der Waals surface area contributed by atoms with Crippen molar-refractivity contribution < 1.29 is 23.4 Å². The van der Waals surface area contributed by atoms with E-state index in [0.29, 0.717) is 22.2 Å². The second-order valence-corrected chi connectivity index (χ2v) is 10.3. The first-order valence-corrected chi connectivity index (χ1v) is 11.9. The quantitative estimate of drug-likeness (QED) is 0.135. The Bertz CT molecular complexity index is 1620. The van der Waals surface area contributed by atoms with Crippen LogP contribution in [-0.2, 0) is 20.2 Å². The second kappa shape index (κ2) is 8.22. The lowest BCUT2D eigenvalue weighted by Crippen LogP contribution is -2.19. The predicted molar refractivity (Wildman–Crippen MR) is 132 cm³/mol. The van der Waals surface area contributed by atoms with Crippen molar-refractivity contribution in [2.45, 2.75) is 24.2 Å². The molecule has 10 nitrogen and oxygen atoms in total. The van der Waals surface area contributed by atoms with Gasteiger partial charge in [-0.25, -0.2) is 18.5 Å². The first kappa shape index (κ1) is 23.9. The number of H-pyrrole nitrogens is 1. The number of aromatic nitrogens is 2. The molecule has 0 aliphatic heterocycles. The molecule has 0 unspecified atom stereocenters. The largest absolute Gasteiger partial charge is 0.507 e. The maximum atomic E-state index is 11.9. The number of aromatic amines is 1. The third-order valence-corrected chi connectivity index (χ3v) is 6.69. The molecule has 0 saturated heterocycles. The van der Waals surface area contributed by atoms with Crippen molar-refractivity contribution in [3.05, 3.63) is 59.7 Å². The van der Waals surface area contributed by atoms with Gasteiger partial charge in [-0.3, -0.25) is 5.41 Å². The number of rotatable bonds is 6. The Labute approximate surface area is 200 Å². The zero-order valence-corrected chi connectivity index (χ0v) is 19.6. The SMILES string of the molecule is CC(C)(C=O)c1cc(-c2nc3ccc(C(=N)N)cc3[nH]2)c(O)c(-c2cc(S(N)(=O)=O)ccc2O)c1. The highest BCUT2D eigenvalue weighted by Gasteiger charge is 2.26. The van der Waals surface area contributed by atoms with Crippen molar-refractivity contribution in [1.29, 1.82) is 5.41 Å². The summed E-state index contributed by atoms with van der Waals surface area (Å²) < 4.78 is 23.8. The van der Waals surface area contributed by atoms with E-state index >= 15 is 0 Å². The van der Waals surface area contributed by atoms with Gasteiger partial charge in [0.2, 0.25) is 10.0 Å². The number of phenols is 2. The van der Waals surface area contributed by atoms with Crippen LogP contribution in [0.5, 0.6) is 11.5 Å². The van der Waals surface area contributed by atoms with E-state index in [4.69, 9.17) is 16.3 Å². The number of phenolic OH excluding ortho intramolecular Hbond substituents is 2. The van der Waals surface area contributed by atoms with E-state index in [9.17, 15) is 23.4 Å². The van der Waals surface area contributed by atoms with Crippen molar-refractivity contribution in [3.63, 3.8) is 0 Å². The number of nitrogen functional groups attached to an aromatic ring is 1. The van der Waals surface area contributed by atoms with Crippen LogP contribution in [0, 0.1) is 5.41 Å². The Hall–Kier alpha value is -4.22. The number of sulfonamides is 1. The monoisotopic (exact) mass is 493 g/mol. The van der Waals surface area contributed by atoms with E-state index in [1.807, 2.05) is 0 Å². The van der Waals surface area contributed by atoms with Gasteiger partial charge in [0.1, 0.15) is 29.4 Å². The van der Waals surface area contributed by atoms with Crippen molar-refractivity contribution in [1.82, 2.24) is 9.97 Å². The maximum absolute atomic E-state index is 11.9. The molecule has 11 heteroatoms. The van der Waals surface area contributed by atoms with E-state index in [0.717, 1.165) is 24.5 Å². The molecule has 1 heterocycles. The Morgan fingerprint density at radius 3 is 2.37 bits per heavy atom. The van der Waals surface area contributed by atoms with Crippen molar-refractivity contribution >= 4 is 33.2 Å². The molecule has 180 valence electrons. The number of carbonyl (C=O) groups is 1. The van der Waals surface area contributed by atoms with Crippen LogP contribution in [0.4, 0.5) is 0 Å². The number of benzene rings is 3. The minimum atomic E-state index is -4.09. The molecule has 0 bridgehead atoms. The number of hydrogen-bond acceptors (Lipinski definition) is 7. The van der Waals surface area contributed by atoms with Crippen molar-refractivity contribution in [2.75, 3.05) is 0 Å². The molecule has 1 aromatic heterocycles. The fourth-order valence-corrected chi connectivity index (χ4v) is 4.21. The van der Waals surface area contributed by atoms with Crippen molar-refractivity contribution in [3.8, 4) is 34.0 Å². The summed E-state index contributed by atoms with van der Waals surface area (Å²) >= 11 is 0. The minimum Gasteiger partial charge on any atom is -0.507 e. The van der Waals surface area contributed by atoms with Gasteiger partial charge in [-0.05, 0) is 67.9 Å². The molecule has 35 heavy (non-hydrogen) atoms. The third kappa shape index (κ3) is 4.34. The molecule has 0 saturated carbocycles. The van der Waals surface area contributed by atoms with Gasteiger partial charge >= 0.3 is 0 Å². The molecule has 0 spiro atoms. The molecular weight excluding hydrogens is 470 g/mol. The summed E-state index contributed by atoms with van der Waals surface area (Å²) in [4.78, 5) is 19.2.